The number of carbonyl (C=O) groups excluding carboxylic acids is 2. The highest BCUT2D eigenvalue weighted by molar-refractivity contribution is 6.42. The van der Waals surface area contributed by atoms with Crippen LogP contribution in [-0.4, -0.2) is 65.0 Å². The minimum absolute atomic E-state index is 0.318. The summed E-state index contributed by atoms with van der Waals surface area (Å²) in [6.45, 7) is 8.54. The highest BCUT2D eigenvalue weighted by Crippen LogP contribution is 2.42. The lowest BCUT2D eigenvalue weighted by Gasteiger charge is -2.37. The van der Waals surface area contributed by atoms with Gasteiger partial charge >= 0.3 is 12.2 Å². The van der Waals surface area contributed by atoms with Crippen molar-refractivity contribution >= 4 is 63.5 Å². The first-order valence-electron chi connectivity index (χ1n) is 12.9. The number of nitrogens with zero attached hydrogens (tertiary/aromatic N) is 4. The van der Waals surface area contributed by atoms with Crippen LogP contribution in [0.1, 0.15) is 39.2 Å². The smallest absolute Gasteiger partial charge is 0.415 e. The number of rotatable bonds is 4. The van der Waals surface area contributed by atoms with E-state index in [-0.39, 0.29) is 6.09 Å². The van der Waals surface area contributed by atoms with Crippen LogP contribution in [0.4, 0.5) is 26.8 Å². The van der Waals surface area contributed by atoms with Crippen LogP contribution < -0.4 is 15.0 Å². The summed E-state index contributed by atoms with van der Waals surface area (Å²) in [6.07, 6.45) is 1.61. The number of ether oxygens (including phenoxy) is 3. The van der Waals surface area contributed by atoms with Crippen molar-refractivity contribution in [3.05, 3.63) is 46.2 Å². The lowest BCUT2D eigenvalue weighted by atomic mass is 9.91. The standard InChI is InChI=1S/C28H31Cl2N5O5/c1-16-19(7-6-18(29)23(16)30)33-24-17-12-21(22(38-5)13-20(17)31-15-32-24)35-14-28(40-26(35)37)8-10-34(11-9-28)25(36)39-27(2,3)4/h6-7,12-13,15H,8-11,14H2,1-5H3,(H,31,32,33). The maximum absolute atomic E-state index is 13.2. The molecule has 0 atom stereocenters. The van der Waals surface area contributed by atoms with Gasteiger partial charge in [-0.2, -0.15) is 0 Å². The summed E-state index contributed by atoms with van der Waals surface area (Å²) in [7, 11) is 1.54. The number of piperidine rings is 1. The number of hydrogen-bond acceptors (Lipinski definition) is 8. The number of amides is 2. The van der Waals surface area contributed by atoms with Crippen LogP contribution in [0, 0.1) is 6.92 Å². The molecule has 0 unspecified atom stereocenters. The molecular formula is C28H31Cl2N5O5. The van der Waals surface area contributed by atoms with E-state index in [2.05, 4.69) is 15.3 Å². The zero-order valence-electron chi connectivity index (χ0n) is 23.0. The first kappa shape index (κ1) is 28.0. The van der Waals surface area contributed by atoms with Gasteiger partial charge in [0.05, 0.1) is 34.9 Å². The van der Waals surface area contributed by atoms with E-state index in [1.165, 1.54) is 6.33 Å². The average molecular weight is 588 g/mol. The third-order valence-corrected chi connectivity index (χ3v) is 8.01. The summed E-state index contributed by atoms with van der Waals surface area (Å²) in [5.41, 5.74) is 1.38. The van der Waals surface area contributed by atoms with Crippen LogP contribution in [0.25, 0.3) is 10.9 Å². The van der Waals surface area contributed by atoms with Crippen molar-refractivity contribution in [3.8, 4) is 5.75 Å². The number of hydrogen-bond donors (Lipinski definition) is 1. The van der Waals surface area contributed by atoms with E-state index in [9.17, 15) is 9.59 Å². The normalized spacial score (nSPS) is 16.8. The molecule has 3 heterocycles. The molecule has 1 spiro atoms. The number of benzene rings is 2. The quantitative estimate of drug-likeness (QED) is 0.358. The van der Waals surface area contributed by atoms with Crippen molar-refractivity contribution < 1.29 is 23.8 Å². The van der Waals surface area contributed by atoms with E-state index in [0.29, 0.717) is 70.7 Å². The number of aromatic nitrogens is 2. The van der Waals surface area contributed by atoms with Gasteiger partial charge in [0.1, 0.15) is 29.1 Å². The fraction of sp³-hybridized carbons (Fsp3) is 0.429. The number of methoxy groups -OCH3 is 1. The summed E-state index contributed by atoms with van der Waals surface area (Å²) in [6, 6.07) is 7.13. The van der Waals surface area contributed by atoms with Gasteiger partial charge in [-0.1, -0.05) is 23.2 Å². The van der Waals surface area contributed by atoms with Crippen molar-refractivity contribution in [2.75, 3.05) is 37.0 Å². The maximum atomic E-state index is 13.2. The summed E-state index contributed by atoms with van der Waals surface area (Å²) in [5.74, 6) is 1.01. The maximum Gasteiger partial charge on any atom is 0.415 e. The third kappa shape index (κ3) is 5.42. The molecule has 0 saturated carbocycles. The molecule has 2 aliphatic rings. The van der Waals surface area contributed by atoms with Gasteiger partial charge in [0, 0.05) is 43.1 Å². The van der Waals surface area contributed by atoms with Gasteiger partial charge in [0.25, 0.3) is 0 Å². The largest absolute Gasteiger partial charge is 0.494 e. The topological polar surface area (TPSA) is 106 Å². The van der Waals surface area contributed by atoms with Crippen LogP contribution in [0.5, 0.6) is 5.75 Å². The number of likely N-dealkylation sites (tertiary alicyclic amines) is 1. The van der Waals surface area contributed by atoms with Crippen LogP contribution >= 0.6 is 23.2 Å². The van der Waals surface area contributed by atoms with E-state index in [1.54, 1.807) is 29.0 Å². The molecule has 12 heteroatoms. The molecule has 2 aromatic carbocycles. The van der Waals surface area contributed by atoms with Gasteiger partial charge in [0.15, 0.2) is 0 Å². The monoisotopic (exact) mass is 587 g/mol. The van der Waals surface area contributed by atoms with Crippen molar-refractivity contribution in [1.29, 1.82) is 0 Å². The second kappa shape index (κ2) is 10.5. The van der Waals surface area contributed by atoms with Gasteiger partial charge in [-0.3, -0.25) is 4.90 Å². The van der Waals surface area contributed by atoms with Crippen LogP contribution in [-0.2, 0) is 9.47 Å². The highest BCUT2D eigenvalue weighted by Gasteiger charge is 2.49. The Morgan fingerprint density at radius 3 is 2.55 bits per heavy atom. The molecule has 0 radical (unpaired) electrons. The van der Waals surface area contributed by atoms with E-state index in [4.69, 9.17) is 37.4 Å². The first-order valence-corrected chi connectivity index (χ1v) is 13.7. The Balaban J connectivity index is 1.42. The molecule has 2 fully saturated rings. The Morgan fingerprint density at radius 1 is 1.15 bits per heavy atom. The Labute approximate surface area is 242 Å². The predicted octanol–water partition coefficient (Wildman–Crippen LogP) is 6.72. The molecular weight excluding hydrogens is 557 g/mol. The Bertz CT molecular complexity index is 1480. The lowest BCUT2D eigenvalue weighted by molar-refractivity contribution is -0.0167. The third-order valence-electron chi connectivity index (χ3n) is 7.12. The van der Waals surface area contributed by atoms with Crippen molar-refractivity contribution in [1.82, 2.24) is 14.9 Å². The summed E-state index contributed by atoms with van der Waals surface area (Å²) in [4.78, 5) is 37.8. The van der Waals surface area contributed by atoms with Crippen molar-refractivity contribution in [2.24, 2.45) is 0 Å². The minimum Gasteiger partial charge on any atom is -0.494 e. The molecule has 10 nitrogen and oxygen atoms in total. The number of halogens is 2. The first-order chi connectivity index (χ1) is 18.9. The van der Waals surface area contributed by atoms with Crippen LogP contribution in [0.2, 0.25) is 10.0 Å². The molecule has 0 bridgehead atoms. The highest BCUT2D eigenvalue weighted by atomic mass is 35.5. The minimum atomic E-state index is -0.721. The molecule has 1 N–H and O–H groups in total. The molecule has 1 aromatic heterocycles. The van der Waals surface area contributed by atoms with Gasteiger partial charge in [-0.25, -0.2) is 19.6 Å². The number of nitrogens with one attached hydrogen (secondary N) is 1. The zero-order valence-corrected chi connectivity index (χ0v) is 24.5. The van der Waals surface area contributed by atoms with Gasteiger partial charge in [-0.05, 0) is 51.5 Å². The second-order valence-electron chi connectivity index (χ2n) is 11.0. The number of fused-ring (bicyclic) bond motifs is 1. The molecule has 40 heavy (non-hydrogen) atoms. The van der Waals surface area contributed by atoms with Crippen LogP contribution in [0.15, 0.2) is 30.6 Å². The van der Waals surface area contributed by atoms with E-state index in [0.717, 1.165) is 11.3 Å². The van der Waals surface area contributed by atoms with Gasteiger partial charge < -0.3 is 24.4 Å². The summed E-state index contributed by atoms with van der Waals surface area (Å²) in [5, 5.41) is 4.91. The zero-order chi connectivity index (χ0) is 28.8. The molecule has 2 saturated heterocycles. The Morgan fingerprint density at radius 2 is 1.88 bits per heavy atom. The summed E-state index contributed by atoms with van der Waals surface area (Å²) >= 11 is 12.5. The SMILES string of the molecule is COc1cc2ncnc(Nc3ccc(Cl)c(Cl)c3C)c2cc1N1CC2(CCN(C(=O)OC(C)(C)C)CC2)OC1=O. The van der Waals surface area contributed by atoms with E-state index < -0.39 is 17.3 Å². The molecule has 212 valence electrons. The summed E-state index contributed by atoms with van der Waals surface area (Å²) < 4.78 is 17.1. The van der Waals surface area contributed by atoms with Crippen molar-refractivity contribution in [2.45, 2.75) is 51.7 Å². The fourth-order valence-electron chi connectivity index (χ4n) is 4.95. The van der Waals surface area contributed by atoms with Gasteiger partial charge in [-0.15, -0.1) is 0 Å². The predicted molar refractivity (Wildman–Crippen MR) is 154 cm³/mol. The Kier molecular flexibility index (Phi) is 7.35. The lowest BCUT2D eigenvalue weighted by Crippen LogP contribution is -2.49. The van der Waals surface area contributed by atoms with Crippen LogP contribution in [0.3, 0.4) is 0 Å². The number of anilines is 3. The molecule has 0 aliphatic carbocycles. The van der Waals surface area contributed by atoms with Gasteiger partial charge in [0.2, 0.25) is 0 Å². The number of carbonyl (C=O) groups is 2. The average Bonchev–Trinajstić information content (AvgIpc) is 3.22. The fourth-order valence-corrected chi connectivity index (χ4v) is 5.32. The second-order valence-corrected chi connectivity index (χ2v) is 11.8. The molecule has 2 amide bonds. The Hall–Kier alpha value is -3.50. The van der Waals surface area contributed by atoms with Crippen molar-refractivity contribution in [3.63, 3.8) is 0 Å². The van der Waals surface area contributed by atoms with E-state index >= 15 is 0 Å². The molecule has 5 rings (SSSR count). The molecule has 2 aliphatic heterocycles. The molecule has 3 aromatic rings. The van der Waals surface area contributed by atoms with E-state index in [1.807, 2.05) is 39.8 Å².